The Morgan fingerprint density at radius 1 is 1.33 bits per heavy atom. The average molecular weight is 126 g/mol. The van der Waals surface area contributed by atoms with Crippen molar-refractivity contribution in [3.05, 3.63) is 12.8 Å². The molecule has 2 radical (unpaired) electrons. The molecule has 0 heteroatoms. The van der Waals surface area contributed by atoms with Crippen LogP contribution < -0.4 is 0 Å². The Kier molecular flexibility index (Phi) is 3.24. The van der Waals surface area contributed by atoms with Crippen molar-refractivity contribution < 1.29 is 0 Å². The highest BCUT2D eigenvalue weighted by atomic mass is 14.3. The maximum atomic E-state index is 3.89. The second kappa shape index (κ2) is 3.24. The van der Waals surface area contributed by atoms with E-state index in [-0.39, 0.29) is 0 Å². The van der Waals surface area contributed by atoms with Gasteiger partial charge in [0.25, 0.3) is 0 Å². The molecule has 0 heterocycles. The lowest BCUT2D eigenvalue weighted by Crippen LogP contribution is -2.16. The van der Waals surface area contributed by atoms with Crippen LogP contribution in [0.2, 0.25) is 0 Å². The van der Waals surface area contributed by atoms with Crippen LogP contribution in [0.15, 0.2) is 0 Å². The van der Waals surface area contributed by atoms with Gasteiger partial charge < -0.3 is 0 Å². The van der Waals surface area contributed by atoms with E-state index in [9.17, 15) is 0 Å². The molecule has 0 fully saturated rings. The fourth-order valence-electron chi connectivity index (χ4n) is 1.08. The van der Waals surface area contributed by atoms with Crippen molar-refractivity contribution in [3.8, 4) is 0 Å². The zero-order chi connectivity index (χ0) is 7.49. The van der Waals surface area contributed by atoms with Crippen LogP contribution in [-0.4, -0.2) is 0 Å². The van der Waals surface area contributed by atoms with Gasteiger partial charge in [0.15, 0.2) is 0 Å². The molecule has 9 heavy (non-hydrogen) atoms. The van der Waals surface area contributed by atoms with Crippen molar-refractivity contribution in [3.63, 3.8) is 0 Å². The van der Waals surface area contributed by atoms with E-state index in [1.807, 2.05) is 0 Å². The highest BCUT2D eigenvalue weighted by Crippen LogP contribution is 2.32. The van der Waals surface area contributed by atoms with Gasteiger partial charge >= 0.3 is 0 Å². The van der Waals surface area contributed by atoms with Crippen molar-refractivity contribution in [2.24, 2.45) is 5.41 Å². The lowest BCUT2D eigenvalue weighted by atomic mass is 9.78. The van der Waals surface area contributed by atoms with Crippen molar-refractivity contribution in [2.75, 3.05) is 0 Å². The van der Waals surface area contributed by atoms with Gasteiger partial charge in [0, 0.05) is 0 Å². The molecule has 0 saturated carbocycles. The van der Waals surface area contributed by atoms with Crippen LogP contribution in [0.3, 0.4) is 0 Å². The first kappa shape index (κ1) is 9.00. The van der Waals surface area contributed by atoms with Gasteiger partial charge in [-0.2, -0.15) is 0 Å². The molecular weight excluding hydrogens is 108 g/mol. The molecule has 0 amide bonds. The van der Waals surface area contributed by atoms with Crippen LogP contribution in [0.4, 0.5) is 0 Å². The van der Waals surface area contributed by atoms with E-state index >= 15 is 0 Å². The molecule has 0 aromatic carbocycles. The normalized spacial score (nSPS) is 12.7. The van der Waals surface area contributed by atoms with E-state index in [4.69, 9.17) is 0 Å². The quantitative estimate of drug-likeness (QED) is 0.533. The molecule has 0 aromatic heterocycles. The van der Waals surface area contributed by atoms with Crippen LogP contribution in [0.5, 0.6) is 0 Å². The summed E-state index contributed by atoms with van der Waals surface area (Å²) in [5, 5.41) is 0. The second-order valence-corrected chi connectivity index (χ2v) is 3.46. The lowest BCUT2D eigenvalue weighted by molar-refractivity contribution is 0.403. The lowest BCUT2D eigenvalue weighted by Gasteiger charge is -2.27. The van der Waals surface area contributed by atoms with E-state index in [0.29, 0.717) is 5.41 Å². The van der Waals surface area contributed by atoms with Gasteiger partial charge in [0.2, 0.25) is 0 Å². The van der Waals surface area contributed by atoms with Crippen LogP contribution >= 0.6 is 0 Å². The van der Waals surface area contributed by atoms with Crippen LogP contribution in [0.25, 0.3) is 0 Å². The third-order valence-electron chi connectivity index (χ3n) is 1.79. The predicted molar refractivity (Wildman–Crippen MR) is 43.0 cm³/mol. The monoisotopic (exact) mass is 126 g/mol. The first-order valence-electron chi connectivity index (χ1n) is 3.66. The fourth-order valence-corrected chi connectivity index (χ4v) is 1.08. The molecule has 0 N–H and O–H groups in total. The highest BCUT2D eigenvalue weighted by Gasteiger charge is 2.20. The standard InChI is InChI=1S/C9H18/c1-6-8(7-2)9(3,4)5/h1,6-7H2,2-5H3. The minimum atomic E-state index is 0.372. The minimum Gasteiger partial charge on any atom is -0.0648 e. The van der Waals surface area contributed by atoms with Crippen LogP contribution in [0, 0.1) is 18.3 Å². The van der Waals surface area contributed by atoms with Crippen LogP contribution in [-0.2, 0) is 0 Å². The smallest absolute Gasteiger partial charge is 0.0190 e. The number of hydrogen-bond donors (Lipinski definition) is 0. The third kappa shape index (κ3) is 2.88. The van der Waals surface area contributed by atoms with E-state index < -0.39 is 0 Å². The maximum Gasteiger partial charge on any atom is -0.0190 e. The largest absolute Gasteiger partial charge is 0.0648 e. The van der Waals surface area contributed by atoms with Gasteiger partial charge in [-0.15, -0.1) is 0 Å². The zero-order valence-corrected chi connectivity index (χ0v) is 7.12. The second-order valence-electron chi connectivity index (χ2n) is 3.46. The molecule has 0 spiro atoms. The van der Waals surface area contributed by atoms with E-state index in [1.165, 1.54) is 6.42 Å². The van der Waals surface area contributed by atoms with Crippen molar-refractivity contribution in [1.29, 1.82) is 0 Å². The Bertz CT molecular complexity index is 62.6. The Hall–Kier alpha value is 0. The molecule has 54 valence electrons. The molecular formula is C9H18. The SMILES string of the molecule is [CH2]C[C](CC)C(C)(C)C. The van der Waals surface area contributed by atoms with Crippen molar-refractivity contribution >= 4 is 0 Å². The van der Waals surface area contributed by atoms with Gasteiger partial charge in [0.05, 0.1) is 0 Å². The summed E-state index contributed by atoms with van der Waals surface area (Å²) in [4.78, 5) is 0. The first-order valence-corrected chi connectivity index (χ1v) is 3.66. The first-order chi connectivity index (χ1) is 4.02. The summed E-state index contributed by atoms with van der Waals surface area (Å²) in [6, 6.07) is 0. The molecule has 0 aliphatic heterocycles. The maximum absolute atomic E-state index is 3.89. The van der Waals surface area contributed by atoms with E-state index in [0.717, 1.165) is 6.42 Å². The zero-order valence-electron chi connectivity index (χ0n) is 7.12. The van der Waals surface area contributed by atoms with Crippen molar-refractivity contribution in [2.45, 2.75) is 40.5 Å². The van der Waals surface area contributed by atoms with Crippen molar-refractivity contribution in [1.82, 2.24) is 0 Å². The van der Waals surface area contributed by atoms with E-state index in [1.54, 1.807) is 5.92 Å². The number of hydrogen-bond acceptors (Lipinski definition) is 0. The highest BCUT2D eigenvalue weighted by molar-refractivity contribution is 4.99. The van der Waals surface area contributed by atoms with Crippen LogP contribution in [0.1, 0.15) is 40.5 Å². The summed E-state index contributed by atoms with van der Waals surface area (Å²) in [5.41, 5.74) is 0.372. The fraction of sp³-hybridized carbons (Fsp3) is 0.778. The topological polar surface area (TPSA) is 0 Å². The summed E-state index contributed by atoms with van der Waals surface area (Å²) in [7, 11) is 0. The summed E-state index contributed by atoms with van der Waals surface area (Å²) >= 11 is 0. The molecule has 0 aromatic rings. The summed E-state index contributed by atoms with van der Waals surface area (Å²) in [5.74, 6) is 1.56. The third-order valence-corrected chi connectivity index (χ3v) is 1.79. The molecule has 0 unspecified atom stereocenters. The predicted octanol–water partition coefficient (Wildman–Crippen LogP) is 3.24. The Morgan fingerprint density at radius 3 is 1.78 bits per heavy atom. The van der Waals surface area contributed by atoms with Gasteiger partial charge in [-0.1, -0.05) is 34.6 Å². The molecule has 0 nitrogen and oxygen atoms in total. The molecule has 0 bridgehead atoms. The Balaban J connectivity index is 3.79. The summed E-state index contributed by atoms with van der Waals surface area (Å²) < 4.78 is 0. The average Bonchev–Trinajstić information content (AvgIpc) is 1.65. The van der Waals surface area contributed by atoms with Gasteiger partial charge in [-0.05, 0) is 24.2 Å². The molecule has 0 aliphatic rings. The molecule has 0 aliphatic carbocycles. The molecule has 0 rings (SSSR count). The molecule has 0 atom stereocenters. The Morgan fingerprint density at radius 2 is 1.78 bits per heavy atom. The summed E-state index contributed by atoms with van der Waals surface area (Å²) in [6.45, 7) is 12.8. The molecule has 0 saturated heterocycles. The summed E-state index contributed by atoms with van der Waals surface area (Å²) in [6.07, 6.45) is 2.16. The Labute approximate surface area is 59.7 Å². The van der Waals surface area contributed by atoms with Gasteiger partial charge in [-0.25, -0.2) is 0 Å². The van der Waals surface area contributed by atoms with Gasteiger partial charge in [0.1, 0.15) is 0 Å². The van der Waals surface area contributed by atoms with Gasteiger partial charge in [-0.3, -0.25) is 0 Å². The van der Waals surface area contributed by atoms with E-state index in [2.05, 4.69) is 34.6 Å². The number of rotatable bonds is 2. The minimum absolute atomic E-state index is 0.372.